The topological polar surface area (TPSA) is 91.8 Å². The van der Waals surface area contributed by atoms with Crippen molar-refractivity contribution in [1.29, 1.82) is 0 Å². The molecule has 8 nitrogen and oxygen atoms in total. The number of hydrogen-bond acceptors (Lipinski definition) is 6. The van der Waals surface area contributed by atoms with Crippen molar-refractivity contribution in [3.05, 3.63) is 36.2 Å². The Morgan fingerprint density at radius 3 is 2.78 bits per heavy atom. The van der Waals surface area contributed by atoms with Gasteiger partial charge in [0, 0.05) is 25.4 Å². The molecule has 2 rings (SSSR count). The molecule has 1 aliphatic rings. The zero-order valence-corrected chi connectivity index (χ0v) is 12.6. The molecule has 1 aromatic heterocycles. The number of imide groups is 1. The number of carbonyl (C=O) groups excluding carboxylic acids is 3. The lowest BCUT2D eigenvalue weighted by atomic mass is 10.3. The first-order chi connectivity index (χ1) is 11.2. The lowest BCUT2D eigenvalue weighted by molar-refractivity contribution is -0.125. The molecule has 0 aliphatic carbocycles. The lowest BCUT2D eigenvalue weighted by Crippen LogP contribution is -2.54. The second-order valence-electron chi connectivity index (χ2n) is 4.72. The van der Waals surface area contributed by atoms with Crippen molar-refractivity contribution in [2.24, 2.45) is 0 Å². The van der Waals surface area contributed by atoms with Gasteiger partial charge in [-0.05, 0) is 18.2 Å². The SMILES string of the molecule is O=CCN(C(=O)C=Cc1ccccn1)C(=O)NN1CCOCC1. The van der Waals surface area contributed by atoms with Gasteiger partial charge in [-0.15, -0.1) is 0 Å². The molecule has 0 saturated carbocycles. The summed E-state index contributed by atoms with van der Waals surface area (Å²) >= 11 is 0. The van der Waals surface area contributed by atoms with E-state index in [1.54, 1.807) is 29.4 Å². The maximum atomic E-state index is 12.2. The second-order valence-corrected chi connectivity index (χ2v) is 4.72. The van der Waals surface area contributed by atoms with Crippen LogP contribution in [0.15, 0.2) is 30.5 Å². The molecule has 0 aromatic carbocycles. The molecule has 122 valence electrons. The van der Waals surface area contributed by atoms with Crippen molar-refractivity contribution in [3.8, 4) is 0 Å². The first-order valence-corrected chi connectivity index (χ1v) is 7.18. The van der Waals surface area contributed by atoms with Crippen LogP contribution in [0.3, 0.4) is 0 Å². The van der Waals surface area contributed by atoms with Gasteiger partial charge in [-0.3, -0.25) is 20.1 Å². The molecule has 2 heterocycles. The van der Waals surface area contributed by atoms with Crippen LogP contribution >= 0.6 is 0 Å². The average Bonchev–Trinajstić information content (AvgIpc) is 2.59. The van der Waals surface area contributed by atoms with Crippen LogP contribution in [0, 0.1) is 0 Å². The Balaban J connectivity index is 1.98. The third kappa shape index (κ3) is 5.28. The number of pyridine rings is 1. The van der Waals surface area contributed by atoms with Crippen molar-refractivity contribution in [3.63, 3.8) is 0 Å². The van der Waals surface area contributed by atoms with Crippen molar-refractivity contribution in [2.75, 3.05) is 32.8 Å². The van der Waals surface area contributed by atoms with Gasteiger partial charge < -0.3 is 9.53 Å². The molecule has 1 aliphatic heterocycles. The molecule has 1 aromatic rings. The summed E-state index contributed by atoms with van der Waals surface area (Å²) in [6.45, 7) is 1.74. The molecule has 0 unspecified atom stereocenters. The zero-order valence-electron chi connectivity index (χ0n) is 12.6. The van der Waals surface area contributed by atoms with Crippen LogP contribution in [0.1, 0.15) is 5.69 Å². The summed E-state index contributed by atoms with van der Waals surface area (Å²) in [5, 5.41) is 1.65. The highest BCUT2D eigenvalue weighted by atomic mass is 16.5. The fourth-order valence-electron chi connectivity index (χ4n) is 1.94. The summed E-state index contributed by atoms with van der Waals surface area (Å²) in [4.78, 5) is 39.9. The van der Waals surface area contributed by atoms with E-state index in [1.807, 2.05) is 0 Å². The van der Waals surface area contributed by atoms with Gasteiger partial charge in [-0.2, -0.15) is 0 Å². The number of nitrogens with one attached hydrogen (secondary N) is 1. The van der Waals surface area contributed by atoms with Crippen LogP contribution in [0.5, 0.6) is 0 Å². The third-order valence-electron chi connectivity index (χ3n) is 3.12. The summed E-state index contributed by atoms with van der Waals surface area (Å²) in [5.74, 6) is -0.589. The van der Waals surface area contributed by atoms with Gasteiger partial charge in [-0.1, -0.05) is 6.07 Å². The van der Waals surface area contributed by atoms with E-state index >= 15 is 0 Å². The number of hydrogen-bond donors (Lipinski definition) is 1. The van der Waals surface area contributed by atoms with Gasteiger partial charge in [0.05, 0.1) is 25.5 Å². The number of hydrazine groups is 1. The predicted octanol–water partition coefficient (Wildman–Crippen LogP) is 0.0791. The number of aldehydes is 1. The van der Waals surface area contributed by atoms with Crippen LogP contribution < -0.4 is 5.43 Å². The quantitative estimate of drug-likeness (QED) is 0.610. The molecule has 1 fully saturated rings. The van der Waals surface area contributed by atoms with E-state index in [1.165, 1.54) is 12.2 Å². The van der Waals surface area contributed by atoms with Crippen LogP contribution in [0.2, 0.25) is 0 Å². The number of ether oxygens (including phenoxy) is 1. The minimum atomic E-state index is -0.644. The number of amides is 3. The fourth-order valence-corrected chi connectivity index (χ4v) is 1.94. The van der Waals surface area contributed by atoms with E-state index < -0.39 is 11.9 Å². The minimum Gasteiger partial charge on any atom is -0.379 e. The van der Waals surface area contributed by atoms with Gasteiger partial charge in [0.15, 0.2) is 0 Å². The first-order valence-electron chi connectivity index (χ1n) is 7.18. The van der Waals surface area contributed by atoms with Crippen LogP contribution in [0.4, 0.5) is 4.79 Å². The average molecular weight is 318 g/mol. The highest BCUT2D eigenvalue weighted by molar-refractivity contribution is 6.03. The Bertz CT molecular complexity index is 570. The summed E-state index contributed by atoms with van der Waals surface area (Å²) in [5.41, 5.74) is 3.18. The Morgan fingerprint density at radius 1 is 1.35 bits per heavy atom. The highest BCUT2D eigenvalue weighted by Crippen LogP contribution is 2.00. The number of nitrogens with zero attached hydrogens (tertiary/aromatic N) is 3. The van der Waals surface area contributed by atoms with Gasteiger partial charge in [0.25, 0.3) is 5.91 Å². The molecule has 1 N–H and O–H groups in total. The van der Waals surface area contributed by atoms with Gasteiger partial charge in [0.1, 0.15) is 6.29 Å². The Labute approximate surface area is 133 Å². The van der Waals surface area contributed by atoms with E-state index in [9.17, 15) is 14.4 Å². The fraction of sp³-hybridized carbons (Fsp3) is 0.333. The molecule has 0 atom stereocenters. The summed E-state index contributed by atoms with van der Waals surface area (Å²) in [6, 6.07) is 4.62. The van der Waals surface area contributed by atoms with Crippen molar-refractivity contribution in [2.45, 2.75) is 0 Å². The predicted molar refractivity (Wildman–Crippen MR) is 82.0 cm³/mol. The first kappa shape index (κ1) is 16.8. The van der Waals surface area contributed by atoms with Crippen LogP contribution in [-0.2, 0) is 14.3 Å². The Morgan fingerprint density at radius 2 is 2.13 bits per heavy atom. The molecule has 0 spiro atoms. The van der Waals surface area contributed by atoms with Gasteiger partial charge in [-0.25, -0.2) is 9.80 Å². The van der Waals surface area contributed by atoms with E-state index in [2.05, 4.69) is 10.4 Å². The minimum absolute atomic E-state index is 0.318. The number of rotatable bonds is 5. The summed E-state index contributed by atoms with van der Waals surface area (Å²) in [7, 11) is 0. The third-order valence-corrected chi connectivity index (χ3v) is 3.12. The maximum Gasteiger partial charge on any atom is 0.339 e. The second kappa shape index (κ2) is 8.76. The number of aromatic nitrogens is 1. The van der Waals surface area contributed by atoms with Gasteiger partial charge >= 0.3 is 6.03 Å². The molecule has 23 heavy (non-hydrogen) atoms. The highest BCUT2D eigenvalue weighted by Gasteiger charge is 2.22. The normalized spacial score (nSPS) is 15.3. The molecule has 1 saturated heterocycles. The Kier molecular flexibility index (Phi) is 6.40. The standard InChI is InChI=1S/C15H18N4O4/c20-10-7-19(15(22)17-18-8-11-23-12-9-18)14(21)5-4-13-3-1-2-6-16-13/h1-6,10H,7-9,11-12H2,(H,17,22). The number of carbonyl (C=O) groups is 3. The zero-order chi connectivity index (χ0) is 16.5. The molecule has 3 amide bonds. The molecular weight excluding hydrogens is 300 g/mol. The van der Waals surface area contributed by atoms with Gasteiger partial charge in [0.2, 0.25) is 0 Å². The maximum absolute atomic E-state index is 12.2. The van der Waals surface area contributed by atoms with E-state index in [0.717, 1.165) is 4.90 Å². The van der Waals surface area contributed by atoms with E-state index in [0.29, 0.717) is 38.3 Å². The van der Waals surface area contributed by atoms with E-state index in [4.69, 9.17) is 4.74 Å². The summed E-state index contributed by atoms with van der Waals surface area (Å²) < 4.78 is 5.18. The smallest absolute Gasteiger partial charge is 0.339 e. The lowest BCUT2D eigenvalue weighted by Gasteiger charge is -2.29. The molecular formula is C15H18N4O4. The molecule has 8 heteroatoms. The Hall–Kier alpha value is -2.58. The van der Waals surface area contributed by atoms with Crippen molar-refractivity contribution < 1.29 is 19.1 Å². The number of morpholine rings is 1. The van der Waals surface area contributed by atoms with Crippen molar-refractivity contribution >= 4 is 24.3 Å². The number of urea groups is 1. The van der Waals surface area contributed by atoms with Crippen LogP contribution in [0.25, 0.3) is 6.08 Å². The van der Waals surface area contributed by atoms with E-state index in [-0.39, 0.29) is 6.54 Å². The summed E-state index contributed by atoms with van der Waals surface area (Å²) in [6.07, 6.45) is 4.80. The molecule has 0 radical (unpaired) electrons. The van der Waals surface area contributed by atoms with Crippen molar-refractivity contribution in [1.82, 2.24) is 20.3 Å². The monoisotopic (exact) mass is 318 g/mol. The largest absolute Gasteiger partial charge is 0.379 e. The molecule has 0 bridgehead atoms. The van der Waals surface area contributed by atoms with Crippen LogP contribution in [-0.4, -0.2) is 66.0 Å².